The molecule has 0 saturated carbocycles. The molecule has 1 aromatic carbocycles. The van der Waals surface area contributed by atoms with Crippen LogP contribution in [0.2, 0.25) is 0 Å². The van der Waals surface area contributed by atoms with E-state index in [1.54, 1.807) is 17.9 Å². The molecule has 0 radical (unpaired) electrons. The minimum atomic E-state index is -3.92. The van der Waals surface area contributed by atoms with Gasteiger partial charge >= 0.3 is 5.97 Å². The van der Waals surface area contributed by atoms with E-state index in [0.717, 1.165) is 6.07 Å². The van der Waals surface area contributed by atoms with E-state index in [1.807, 2.05) is 0 Å². The van der Waals surface area contributed by atoms with Gasteiger partial charge in [-0.05, 0) is 6.07 Å². The lowest BCUT2D eigenvalue weighted by Crippen LogP contribution is -2.24. The highest BCUT2D eigenvalue weighted by atomic mass is 32.2. The normalized spacial score (nSPS) is 13.7. The van der Waals surface area contributed by atoms with Crippen molar-refractivity contribution in [2.24, 2.45) is 7.05 Å². The maximum Gasteiger partial charge on any atom is 0.339 e. The summed E-state index contributed by atoms with van der Waals surface area (Å²) in [6.45, 7) is 0.463. The van der Waals surface area contributed by atoms with E-state index in [2.05, 4.69) is 9.82 Å². The first-order chi connectivity index (χ1) is 11.4. The molecule has 0 aliphatic carbocycles. The first-order valence-electron chi connectivity index (χ1n) is 7.01. The van der Waals surface area contributed by atoms with Crippen LogP contribution in [0.5, 0.6) is 11.5 Å². The SMILES string of the molecule is Cn1cc(CNS(=O)(=O)c2cc3c(c(C(=O)O)c2)OCCO3)cn1. The van der Waals surface area contributed by atoms with E-state index in [0.29, 0.717) is 5.56 Å². The summed E-state index contributed by atoms with van der Waals surface area (Å²) in [4.78, 5) is 11.2. The summed E-state index contributed by atoms with van der Waals surface area (Å²) in [7, 11) is -2.20. The molecule has 0 amide bonds. The molecule has 128 valence electrons. The van der Waals surface area contributed by atoms with Crippen LogP contribution in [0.15, 0.2) is 29.4 Å². The second-order valence-corrected chi connectivity index (χ2v) is 6.91. The third-order valence-electron chi connectivity index (χ3n) is 3.38. The molecule has 0 saturated heterocycles. The summed E-state index contributed by atoms with van der Waals surface area (Å²) in [5, 5.41) is 13.2. The molecule has 0 unspecified atom stereocenters. The molecule has 0 fully saturated rings. The van der Waals surface area contributed by atoms with E-state index in [-0.39, 0.29) is 41.7 Å². The number of hydrogen-bond donors (Lipinski definition) is 2. The molecule has 0 bridgehead atoms. The number of carboxylic acids is 1. The molecular weight excluding hydrogens is 338 g/mol. The van der Waals surface area contributed by atoms with Crippen molar-refractivity contribution < 1.29 is 27.8 Å². The second-order valence-electron chi connectivity index (χ2n) is 5.15. The monoisotopic (exact) mass is 353 g/mol. The summed E-state index contributed by atoms with van der Waals surface area (Å²) in [5.74, 6) is -1.15. The van der Waals surface area contributed by atoms with Gasteiger partial charge in [-0.2, -0.15) is 5.10 Å². The van der Waals surface area contributed by atoms with Crippen LogP contribution in [0.1, 0.15) is 15.9 Å². The summed E-state index contributed by atoms with van der Waals surface area (Å²) < 4.78 is 39.5. The molecule has 1 aliphatic heterocycles. The maximum atomic E-state index is 12.4. The molecular formula is C14H15N3O6S. The Balaban J connectivity index is 1.92. The molecule has 3 rings (SSSR count). The summed E-state index contributed by atoms with van der Waals surface area (Å²) in [6, 6.07) is 2.31. The lowest BCUT2D eigenvalue weighted by molar-refractivity contribution is 0.0685. The van der Waals surface area contributed by atoms with Gasteiger partial charge in [-0.3, -0.25) is 4.68 Å². The lowest BCUT2D eigenvalue weighted by Gasteiger charge is -2.21. The van der Waals surface area contributed by atoms with Crippen LogP contribution in [-0.2, 0) is 23.6 Å². The first kappa shape index (κ1) is 16.3. The Labute approximate surface area is 137 Å². The van der Waals surface area contributed by atoms with Gasteiger partial charge in [0.1, 0.15) is 18.8 Å². The molecule has 1 aliphatic rings. The van der Waals surface area contributed by atoms with Crippen molar-refractivity contribution in [1.82, 2.24) is 14.5 Å². The van der Waals surface area contributed by atoms with E-state index in [9.17, 15) is 18.3 Å². The molecule has 24 heavy (non-hydrogen) atoms. The minimum Gasteiger partial charge on any atom is -0.486 e. The number of fused-ring (bicyclic) bond motifs is 1. The maximum absolute atomic E-state index is 12.4. The Morgan fingerprint density at radius 2 is 2.12 bits per heavy atom. The van der Waals surface area contributed by atoms with Crippen LogP contribution in [0.4, 0.5) is 0 Å². The predicted molar refractivity (Wildman–Crippen MR) is 81.6 cm³/mol. The highest BCUT2D eigenvalue weighted by molar-refractivity contribution is 7.89. The molecule has 0 atom stereocenters. The van der Waals surface area contributed by atoms with Gasteiger partial charge in [0.25, 0.3) is 0 Å². The number of hydrogen-bond acceptors (Lipinski definition) is 6. The Morgan fingerprint density at radius 1 is 1.38 bits per heavy atom. The van der Waals surface area contributed by atoms with Gasteiger partial charge in [0.2, 0.25) is 10.0 Å². The number of nitrogens with one attached hydrogen (secondary N) is 1. The zero-order chi connectivity index (χ0) is 17.3. The second kappa shape index (κ2) is 6.13. The Morgan fingerprint density at radius 3 is 2.79 bits per heavy atom. The zero-order valence-electron chi connectivity index (χ0n) is 12.7. The van der Waals surface area contributed by atoms with Crippen molar-refractivity contribution in [2.75, 3.05) is 13.2 Å². The number of ether oxygens (including phenoxy) is 2. The summed E-state index contributed by atoms with van der Waals surface area (Å²) >= 11 is 0. The van der Waals surface area contributed by atoms with Gasteiger partial charge in [-0.15, -0.1) is 0 Å². The number of sulfonamides is 1. The third kappa shape index (κ3) is 3.19. The van der Waals surface area contributed by atoms with E-state index < -0.39 is 16.0 Å². The van der Waals surface area contributed by atoms with Crippen molar-refractivity contribution in [1.29, 1.82) is 0 Å². The fourth-order valence-corrected chi connectivity index (χ4v) is 3.33. The number of aryl methyl sites for hydroxylation is 1. The van der Waals surface area contributed by atoms with Crippen LogP contribution >= 0.6 is 0 Å². The minimum absolute atomic E-state index is 0.0347. The highest BCUT2D eigenvalue weighted by Crippen LogP contribution is 2.36. The molecule has 0 spiro atoms. The fourth-order valence-electron chi connectivity index (χ4n) is 2.27. The fraction of sp³-hybridized carbons (Fsp3) is 0.286. The van der Waals surface area contributed by atoms with Gasteiger partial charge in [0, 0.05) is 31.4 Å². The van der Waals surface area contributed by atoms with Crippen molar-refractivity contribution in [3.63, 3.8) is 0 Å². The number of carbonyl (C=O) groups is 1. The van der Waals surface area contributed by atoms with Crippen LogP contribution in [0.25, 0.3) is 0 Å². The average molecular weight is 353 g/mol. The third-order valence-corrected chi connectivity index (χ3v) is 4.76. The zero-order valence-corrected chi connectivity index (χ0v) is 13.5. The number of benzene rings is 1. The van der Waals surface area contributed by atoms with Crippen LogP contribution in [0, 0.1) is 0 Å². The first-order valence-corrected chi connectivity index (χ1v) is 8.49. The van der Waals surface area contributed by atoms with Crippen LogP contribution < -0.4 is 14.2 Å². The van der Waals surface area contributed by atoms with Crippen molar-refractivity contribution in [3.8, 4) is 11.5 Å². The van der Waals surface area contributed by atoms with Crippen molar-refractivity contribution in [2.45, 2.75) is 11.4 Å². The van der Waals surface area contributed by atoms with Gasteiger partial charge < -0.3 is 14.6 Å². The molecule has 2 heterocycles. The quantitative estimate of drug-likeness (QED) is 0.797. The number of aromatic carboxylic acids is 1. The van der Waals surface area contributed by atoms with Crippen molar-refractivity contribution in [3.05, 3.63) is 35.7 Å². The van der Waals surface area contributed by atoms with E-state index in [4.69, 9.17) is 9.47 Å². The smallest absolute Gasteiger partial charge is 0.339 e. The van der Waals surface area contributed by atoms with Gasteiger partial charge in [0.15, 0.2) is 11.5 Å². The number of nitrogens with zero attached hydrogens (tertiary/aromatic N) is 2. The summed E-state index contributed by atoms with van der Waals surface area (Å²) in [5.41, 5.74) is 0.422. The summed E-state index contributed by atoms with van der Waals surface area (Å²) in [6.07, 6.45) is 3.21. The average Bonchev–Trinajstić information content (AvgIpc) is 2.97. The van der Waals surface area contributed by atoms with Gasteiger partial charge in [-0.25, -0.2) is 17.9 Å². The highest BCUT2D eigenvalue weighted by Gasteiger charge is 2.26. The van der Waals surface area contributed by atoms with Crippen molar-refractivity contribution >= 4 is 16.0 Å². The largest absolute Gasteiger partial charge is 0.486 e. The Bertz CT molecular complexity index is 890. The lowest BCUT2D eigenvalue weighted by atomic mass is 10.2. The predicted octanol–water partition coefficient (Wildman–Crippen LogP) is 0.368. The van der Waals surface area contributed by atoms with Crippen LogP contribution in [-0.4, -0.2) is 42.5 Å². The van der Waals surface area contributed by atoms with E-state index in [1.165, 1.54) is 12.3 Å². The molecule has 1 aromatic heterocycles. The Kier molecular flexibility index (Phi) is 4.16. The van der Waals surface area contributed by atoms with Gasteiger partial charge in [0.05, 0.1) is 11.1 Å². The number of carboxylic acid groups (broad SMARTS) is 1. The molecule has 9 nitrogen and oxygen atoms in total. The number of aromatic nitrogens is 2. The van der Waals surface area contributed by atoms with Crippen LogP contribution in [0.3, 0.4) is 0 Å². The molecule has 2 N–H and O–H groups in total. The van der Waals surface area contributed by atoms with E-state index >= 15 is 0 Å². The van der Waals surface area contributed by atoms with Gasteiger partial charge in [-0.1, -0.05) is 0 Å². The Hall–Kier alpha value is -2.59. The molecule has 10 heteroatoms. The molecule has 2 aromatic rings. The standard InChI is InChI=1S/C14H15N3O6S/c1-17-8-9(6-15-17)7-16-24(20,21)10-4-11(14(18)19)13-12(5-10)22-2-3-23-13/h4-6,8,16H,2-3,7H2,1H3,(H,18,19). The number of rotatable bonds is 5. The topological polar surface area (TPSA) is 120 Å².